The van der Waals surface area contributed by atoms with Crippen LogP contribution >= 0.6 is 11.6 Å². The van der Waals surface area contributed by atoms with E-state index in [9.17, 15) is 44.7 Å². The monoisotopic (exact) mass is 810 g/mol. The maximum Gasteiger partial charge on any atom is 0.416 e. The molecule has 56 heavy (non-hydrogen) atoms. The largest absolute Gasteiger partial charge is 0.435 e. The van der Waals surface area contributed by atoms with Gasteiger partial charge in [-0.05, 0) is 102 Å². The minimum Gasteiger partial charge on any atom is -0.435 e. The summed E-state index contributed by atoms with van der Waals surface area (Å²) >= 11 is 5.96. The van der Waals surface area contributed by atoms with Crippen molar-refractivity contribution in [2.45, 2.75) is 44.3 Å². The van der Waals surface area contributed by atoms with Crippen LogP contribution in [0.15, 0.2) is 88.8 Å². The van der Waals surface area contributed by atoms with E-state index in [-0.39, 0.29) is 50.7 Å². The molecule has 0 fully saturated rings. The Morgan fingerprint density at radius 2 is 1.12 bits per heavy atom. The van der Waals surface area contributed by atoms with Crippen LogP contribution < -0.4 is 20.9 Å². The Hall–Kier alpha value is -5.91. The molecule has 6 rings (SSSR count). The average molecular weight is 811 g/mol. The molecule has 2 atom stereocenters. The standard InChI is InChI=1S/C19H16F5N3O2.C18H15ClF3N3O2/c1-10-8-12(6-7-14(10)29-16(20)21)18(15(28)27(2)17(25)26-18)11-4-3-5-13(9-11)19(22,23)24;1-9-5-10(3-4-14(9)27-16(21)22)18(15(26)25(2)17(23)24-18)11-6-12(19)8-13(20)7-11/h3-9,16H,1-2H3,(H2,25,26);3-8,16H,1-2H3,(H2,23,24). The SMILES string of the molecule is Cc1cc(C2(c3cc(F)cc(Cl)c3)N=C(N)N(C)C2=O)ccc1OC(F)F.Cc1cc(C2(c3cccc(C(F)(F)F)c3)N=C(N)N(C)C2=O)ccc1OC(F)F. The van der Waals surface area contributed by atoms with Crippen molar-refractivity contribution < 1.29 is 54.2 Å². The number of likely N-dealkylation sites (N-methyl/N-ethyl adjacent to an activating group) is 2. The van der Waals surface area contributed by atoms with E-state index in [0.29, 0.717) is 11.1 Å². The Morgan fingerprint density at radius 1 is 0.679 bits per heavy atom. The van der Waals surface area contributed by atoms with E-state index >= 15 is 0 Å². The lowest BCUT2D eigenvalue weighted by atomic mass is 9.81. The Kier molecular flexibility index (Phi) is 11.3. The minimum absolute atomic E-state index is 0.0445. The number of guanidine groups is 2. The quantitative estimate of drug-likeness (QED) is 0.183. The molecule has 2 aliphatic rings. The Labute approximate surface area is 319 Å². The van der Waals surface area contributed by atoms with Gasteiger partial charge in [-0.3, -0.25) is 19.4 Å². The van der Waals surface area contributed by atoms with Crippen molar-refractivity contribution in [2.24, 2.45) is 21.5 Å². The Bertz CT molecular complexity index is 2230. The van der Waals surface area contributed by atoms with E-state index in [4.69, 9.17) is 23.1 Å². The molecule has 4 N–H and O–H groups in total. The van der Waals surface area contributed by atoms with Gasteiger partial charge in [-0.1, -0.05) is 35.9 Å². The first-order chi connectivity index (χ1) is 26.1. The zero-order chi connectivity index (χ0) is 41.5. The Morgan fingerprint density at radius 3 is 1.50 bits per heavy atom. The molecule has 4 aromatic carbocycles. The minimum atomic E-state index is -4.63. The number of hydrogen-bond acceptors (Lipinski definition) is 8. The van der Waals surface area contributed by atoms with Crippen molar-refractivity contribution in [3.8, 4) is 11.5 Å². The number of nitrogens with zero attached hydrogens (tertiary/aromatic N) is 4. The van der Waals surface area contributed by atoms with Gasteiger partial charge in [-0.25, -0.2) is 14.4 Å². The number of amides is 2. The molecule has 19 heteroatoms. The van der Waals surface area contributed by atoms with Crippen molar-refractivity contribution in [2.75, 3.05) is 14.1 Å². The Balaban J connectivity index is 0.000000215. The summed E-state index contributed by atoms with van der Waals surface area (Å²) in [5.41, 5.74) is 8.32. The first-order valence-corrected chi connectivity index (χ1v) is 16.5. The van der Waals surface area contributed by atoms with E-state index in [1.165, 1.54) is 75.6 Å². The topological polar surface area (TPSA) is 136 Å². The fraction of sp³-hybridized carbons (Fsp3) is 0.243. The molecule has 4 aromatic rings. The summed E-state index contributed by atoms with van der Waals surface area (Å²) in [6.45, 7) is -3.02. The van der Waals surface area contributed by atoms with Crippen LogP contribution in [0.1, 0.15) is 38.9 Å². The average Bonchev–Trinajstić information content (AvgIpc) is 3.49. The number of rotatable bonds is 8. The highest BCUT2D eigenvalue weighted by molar-refractivity contribution is 6.30. The molecule has 0 spiro atoms. The van der Waals surface area contributed by atoms with Crippen LogP contribution in [0.4, 0.5) is 35.1 Å². The molecule has 296 valence electrons. The summed E-state index contributed by atoms with van der Waals surface area (Å²) in [7, 11) is 2.78. The first kappa shape index (κ1) is 41.3. The van der Waals surface area contributed by atoms with Crippen LogP contribution in [0, 0.1) is 19.7 Å². The fourth-order valence-corrected chi connectivity index (χ4v) is 6.48. The van der Waals surface area contributed by atoms with Crippen molar-refractivity contribution in [1.82, 2.24) is 9.80 Å². The summed E-state index contributed by atoms with van der Waals surface area (Å²) in [5.74, 6) is -2.26. The number of halogens is 9. The van der Waals surface area contributed by atoms with Crippen LogP contribution in [0.5, 0.6) is 11.5 Å². The van der Waals surface area contributed by atoms with Crippen molar-refractivity contribution in [1.29, 1.82) is 0 Å². The smallest absolute Gasteiger partial charge is 0.416 e. The maximum atomic E-state index is 14.0. The first-order valence-electron chi connectivity index (χ1n) is 16.1. The third-order valence-corrected chi connectivity index (χ3v) is 9.20. The number of alkyl halides is 7. The highest BCUT2D eigenvalue weighted by Gasteiger charge is 2.51. The van der Waals surface area contributed by atoms with E-state index in [0.717, 1.165) is 34.1 Å². The summed E-state index contributed by atoms with van der Waals surface area (Å²) in [4.78, 5) is 36.8. The predicted octanol–water partition coefficient (Wildman–Crippen LogP) is 7.06. The second-order valence-corrected chi connectivity index (χ2v) is 13.0. The lowest BCUT2D eigenvalue weighted by Crippen LogP contribution is -2.41. The van der Waals surface area contributed by atoms with Gasteiger partial charge in [0, 0.05) is 19.1 Å². The van der Waals surface area contributed by atoms with E-state index in [1.54, 1.807) is 6.92 Å². The van der Waals surface area contributed by atoms with Crippen molar-refractivity contribution in [3.05, 3.63) is 129 Å². The van der Waals surface area contributed by atoms with Crippen LogP contribution in [0.2, 0.25) is 5.02 Å². The zero-order valence-electron chi connectivity index (χ0n) is 29.6. The number of aliphatic imine (C=N–C) groups is 2. The van der Waals surface area contributed by atoms with Gasteiger partial charge in [0.2, 0.25) is 0 Å². The molecule has 0 bridgehead atoms. The lowest BCUT2D eigenvalue weighted by Gasteiger charge is -2.27. The third kappa shape index (κ3) is 7.65. The molecule has 2 amide bonds. The van der Waals surface area contributed by atoms with Gasteiger partial charge in [0.1, 0.15) is 17.3 Å². The molecule has 0 aromatic heterocycles. The van der Waals surface area contributed by atoms with Gasteiger partial charge in [0.05, 0.1) is 5.56 Å². The van der Waals surface area contributed by atoms with Gasteiger partial charge in [-0.2, -0.15) is 30.7 Å². The molecule has 10 nitrogen and oxygen atoms in total. The molecule has 0 saturated heterocycles. The van der Waals surface area contributed by atoms with Crippen molar-refractivity contribution in [3.63, 3.8) is 0 Å². The van der Waals surface area contributed by atoms with Gasteiger partial charge < -0.3 is 20.9 Å². The van der Waals surface area contributed by atoms with Crippen molar-refractivity contribution >= 4 is 35.3 Å². The normalized spacial score (nSPS) is 19.6. The van der Waals surface area contributed by atoms with Crippen LogP contribution in [0.3, 0.4) is 0 Å². The predicted molar refractivity (Wildman–Crippen MR) is 189 cm³/mol. The molecule has 2 aliphatic heterocycles. The highest BCUT2D eigenvalue weighted by atomic mass is 35.5. The second-order valence-electron chi connectivity index (χ2n) is 12.5. The van der Waals surface area contributed by atoms with Gasteiger partial charge in [0.15, 0.2) is 23.0 Å². The van der Waals surface area contributed by atoms with E-state index in [1.807, 2.05) is 0 Å². The summed E-state index contributed by atoms with van der Waals surface area (Å²) < 4.78 is 113. The molecule has 2 unspecified atom stereocenters. The number of hydrogen-bond donors (Lipinski definition) is 2. The van der Waals surface area contributed by atoms with Gasteiger partial charge in [0.25, 0.3) is 11.8 Å². The lowest BCUT2D eigenvalue weighted by molar-refractivity contribution is -0.138. The van der Waals surface area contributed by atoms with Crippen LogP contribution in [-0.2, 0) is 26.8 Å². The molecule has 0 aliphatic carbocycles. The maximum absolute atomic E-state index is 14.0. The number of benzene rings is 4. The molecule has 0 saturated carbocycles. The summed E-state index contributed by atoms with van der Waals surface area (Å²) in [5, 5.41) is 0.0786. The molecule has 0 radical (unpaired) electrons. The van der Waals surface area contributed by atoms with Crippen LogP contribution in [-0.4, -0.2) is 60.9 Å². The summed E-state index contributed by atoms with van der Waals surface area (Å²) in [6.07, 6.45) is -4.63. The third-order valence-electron chi connectivity index (χ3n) is 8.99. The molecular formula is C37H31ClF8N6O4. The highest BCUT2D eigenvalue weighted by Crippen LogP contribution is 2.44. The number of carbonyl (C=O) groups excluding carboxylic acids is 2. The summed E-state index contributed by atoms with van der Waals surface area (Å²) in [6, 6.07) is 15.9. The molecule has 2 heterocycles. The van der Waals surface area contributed by atoms with E-state index in [2.05, 4.69) is 19.5 Å². The van der Waals surface area contributed by atoms with Gasteiger partial charge >= 0.3 is 19.4 Å². The van der Waals surface area contributed by atoms with E-state index < -0.39 is 53.7 Å². The van der Waals surface area contributed by atoms with Crippen LogP contribution in [0.25, 0.3) is 0 Å². The number of ether oxygens (including phenoxy) is 2. The number of carbonyl (C=O) groups is 2. The zero-order valence-corrected chi connectivity index (χ0v) is 30.4. The van der Waals surface area contributed by atoms with Gasteiger partial charge in [-0.15, -0.1) is 0 Å². The molecular weight excluding hydrogens is 780 g/mol. The second kappa shape index (κ2) is 15.3. The number of aryl methyl sites for hydroxylation is 2. The number of nitrogens with two attached hydrogens (primary N) is 2. The fourth-order valence-electron chi connectivity index (χ4n) is 6.26.